The first kappa shape index (κ1) is 15.3. The predicted octanol–water partition coefficient (Wildman–Crippen LogP) is 2.70. The van der Waals surface area contributed by atoms with Gasteiger partial charge in [0.05, 0.1) is 0 Å². The van der Waals surface area contributed by atoms with Crippen molar-refractivity contribution in [1.29, 1.82) is 0 Å². The Hall–Kier alpha value is -0.763. The molecule has 18 heavy (non-hydrogen) atoms. The fraction of sp³-hybridized carbons (Fsp3) is 0.625. The number of hydrogen-bond donors (Lipinski definition) is 1. The minimum Gasteiger partial charge on any atom is -0.385 e. The molecule has 0 aliphatic heterocycles. The first-order chi connectivity index (χ1) is 8.09. The standard InChI is InChI=1S/C16H29NSi/c1-8-17-11-9-10-12(18)14(16(5,6)7)13(11)15(2,3)4/h9-10,17H,8H2,1-7,18H3. The molecule has 0 amide bonds. The van der Waals surface area contributed by atoms with Gasteiger partial charge >= 0.3 is 0 Å². The van der Waals surface area contributed by atoms with Crippen molar-refractivity contribution in [2.24, 2.45) is 0 Å². The highest BCUT2D eigenvalue weighted by Crippen LogP contribution is 2.37. The SMILES string of the molecule is CCNc1ccc([SiH3])c(C(C)(C)C)c1C(C)(C)C. The van der Waals surface area contributed by atoms with Gasteiger partial charge in [0.2, 0.25) is 0 Å². The van der Waals surface area contributed by atoms with E-state index in [2.05, 4.69) is 65.9 Å². The van der Waals surface area contributed by atoms with Gasteiger partial charge in [-0.3, -0.25) is 0 Å². The second kappa shape index (κ2) is 5.08. The molecule has 1 nitrogen and oxygen atoms in total. The molecule has 0 saturated carbocycles. The fourth-order valence-electron chi connectivity index (χ4n) is 2.79. The maximum Gasteiger partial charge on any atom is 0.0389 e. The van der Waals surface area contributed by atoms with Crippen molar-refractivity contribution in [3.05, 3.63) is 23.3 Å². The summed E-state index contributed by atoms with van der Waals surface area (Å²) in [5, 5.41) is 5.07. The molecule has 0 spiro atoms. The highest BCUT2D eigenvalue weighted by atomic mass is 28.1. The predicted molar refractivity (Wildman–Crippen MR) is 87.6 cm³/mol. The van der Waals surface area contributed by atoms with Crippen molar-refractivity contribution in [3.63, 3.8) is 0 Å². The van der Waals surface area contributed by atoms with Gasteiger partial charge in [-0.25, -0.2) is 0 Å². The summed E-state index contributed by atoms with van der Waals surface area (Å²) in [6, 6.07) is 4.57. The Morgan fingerprint density at radius 1 is 0.944 bits per heavy atom. The van der Waals surface area contributed by atoms with Crippen LogP contribution >= 0.6 is 0 Å². The van der Waals surface area contributed by atoms with Gasteiger partial charge in [-0.2, -0.15) is 0 Å². The lowest BCUT2D eigenvalue weighted by Gasteiger charge is -2.34. The third kappa shape index (κ3) is 3.17. The molecule has 1 aromatic carbocycles. The average molecular weight is 264 g/mol. The second-order valence-corrected chi connectivity index (χ2v) is 8.29. The Kier molecular flexibility index (Phi) is 4.32. The van der Waals surface area contributed by atoms with Gasteiger partial charge in [0.25, 0.3) is 0 Å². The smallest absolute Gasteiger partial charge is 0.0389 e. The van der Waals surface area contributed by atoms with Gasteiger partial charge in [-0.1, -0.05) is 52.8 Å². The lowest BCUT2D eigenvalue weighted by atomic mass is 9.74. The number of benzene rings is 1. The normalized spacial score (nSPS) is 12.8. The first-order valence-electron chi connectivity index (χ1n) is 6.97. The van der Waals surface area contributed by atoms with E-state index in [1.54, 1.807) is 5.56 Å². The summed E-state index contributed by atoms with van der Waals surface area (Å²) in [7, 11) is 1.11. The summed E-state index contributed by atoms with van der Waals surface area (Å²) >= 11 is 0. The van der Waals surface area contributed by atoms with E-state index < -0.39 is 0 Å². The number of hydrogen-bond acceptors (Lipinski definition) is 1. The van der Waals surface area contributed by atoms with Crippen LogP contribution in [-0.4, -0.2) is 16.8 Å². The summed E-state index contributed by atoms with van der Waals surface area (Å²) in [6.07, 6.45) is 0. The van der Waals surface area contributed by atoms with E-state index in [0.29, 0.717) is 0 Å². The molecule has 1 N–H and O–H groups in total. The van der Waals surface area contributed by atoms with Crippen molar-refractivity contribution in [2.45, 2.75) is 59.3 Å². The van der Waals surface area contributed by atoms with E-state index in [9.17, 15) is 0 Å². The zero-order valence-electron chi connectivity index (χ0n) is 13.4. The number of rotatable bonds is 2. The maximum atomic E-state index is 3.54. The molecule has 0 aliphatic rings. The van der Waals surface area contributed by atoms with E-state index in [-0.39, 0.29) is 10.8 Å². The van der Waals surface area contributed by atoms with Gasteiger partial charge in [0.15, 0.2) is 0 Å². The van der Waals surface area contributed by atoms with Crippen molar-refractivity contribution < 1.29 is 0 Å². The minimum absolute atomic E-state index is 0.181. The summed E-state index contributed by atoms with van der Waals surface area (Å²) in [5.41, 5.74) is 4.77. The van der Waals surface area contributed by atoms with Gasteiger partial charge < -0.3 is 5.32 Å². The Morgan fingerprint density at radius 3 is 1.83 bits per heavy atom. The molecule has 102 valence electrons. The third-order valence-corrected chi connectivity index (χ3v) is 4.11. The van der Waals surface area contributed by atoms with Crippen LogP contribution in [0.2, 0.25) is 0 Å². The van der Waals surface area contributed by atoms with Crippen LogP contribution in [0.15, 0.2) is 12.1 Å². The molecular formula is C16H29NSi. The molecule has 2 heteroatoms. The van der Waals surface area contributed by atoms with E-state index >= 15 is 0 Å². The fourth-order valence-corrected chi connectivity index (χ4v) is 3.96. The van der Waals surface area contributed by atoms with Gasteiger partial charge in [-0.15, -0.1) is 0 Å². The van der Waals surface area contributed by atoms with Crippen LogP contribution in [0.1, 0.15) is 59.6 Å². The highest BCUT2D eigenvalue weighted by Gasteiger charge is 2.28. The van der Waals surface area contributed by atoms with Gasteiger partial charge in [-0.05, 0) is 34.9 Å². The lowest BCUT2D eigenvalue weighted by Crippen LogP contribution is -2.31. The molecule has 1 rings (SSSR count). The lowest BCUT2D eigenvalue weighted by molar-refractivity contribution is 0.534. The van der Waals surface area contributed by atoms with Crippen molar-refractivity contribution in [3.8, 4) is 0 Å². The van der Waals surface area contributed by atoms with Crippen molar-refractivity contribution >= 4 is 21.1 Å². The van der Waals surface area contributed by atoms with Gasteiger partial charge in [0.1, 0.15) is 0 Å². The molecule has 0 aromatic heterocycles. The largest absolute Gasteiger partial charge is 0.385 e. The maximum absolute atomic E-state index is 3.54. The summed E-state index contributed by atoms with van der Waals surface area (Å²) < 4.78 is 0. The number of anilines is 1. The Bertz CT molecular complexity index is 422. The summed E-state index contributed by atoms with van der Waals surface area (Å²) in [4.78, 5) is 0. The monoisotopic (exact) mass is 263 g/mol. The molecule has 0 saturated heterocycles. The van der Waals surface area contributed by atoms with Crippen LogP contribution in [-0.2, 0) is 10.8 Å². The van der Waals surface area contributed by atoms with Crippen molar-refractivity contribution in [1.82, 2.24) is 0 Å². The molecular weight excluding hydrogens is 234 g/mol. The Morgan fingerprint density at radius 2 is 1.44 bits per heavy atom. The van der Waals surface area contributed by atoms with E-state index in [4.69, 9.17) is 0 Å². The minimum atomic E-state index is 0.181. The zero-order valence-corrected chi connectivity index (χ0v) is 15.4. The Balaban J connectivity index is 3.62. The molecule has 0 bridgehead atoms. The first-order valence-corrected chi connectivity index (χ1v) is 7.97. The Labute approximate surface area is 116 Å². The van der Waals surface area contributed by atoms with Crippen LogP contribution in [0.25, 0.3) is 0 Å². The molecule has 0 heterocycles. The molecule has 1 aromatic rings. The topological polar surface area (TPSA) is 12.0 Å². The molecule has 0 atom stereocenters. The van der Waals surface area contributed by atoms with Crippen LogP contribution in [0.4, 0.5) is 5.69 Å². The van der Waals surface area contributed by atoms with Crippen LogP contribution in [0.3, 0.4) is 0 Å². The molecule has 0 fully saturated rings. The van der Waals surface area contributed by atoms with Crippen LogP contribution < -0.4 is 10.5 Å². The molecule has 0 aliphatic carbocycles. The third-order valence-electron chi connectivity index (χ3n) is 3.28. The molecule has 0 radical (unpaired) electrons. The van der Waals surface area contributed by atoms with Crippen molar-refractivity contribution in [2.75, 3.05) is 11.9 Å². The zero-order chi connectivity index (χ0) is 14.1. The van der Waals surface area contributed by atoms with E-state index in [0.717, 1.165) is 16.8 Å². The highest BCUT2D eigenvalue weighted by molar-refractivity contribution is 6.33. The van der Waals surface area contributed by atoms with E-state index in [1.165, 1.54) is 16.4 Å². The number of nitrogens with one attached hydrogen (secondary N) is 1. The average Bonchev–Trinajstić information content (AvgIpc) is 2.17. The van der Waals surface area contributed by atoms with E-state index in [1.807, 2.05) is 0 Å². The molecule has 0 unspecified atom stereocenters. The summed E-state index contributed by atoms with van der Waals surface area (Å²) in [5.74, 6) is 0. The van der Waals surface area contributed by atoms with Crippen LogP contribution in [0.5, 0.6) is 0 Å². The van der Waals surface area contributed by atoms with Crippen LogP contribution in [0, 0.1) is 0 Å². The quantitative estimate of drug-likeness (QED) is 0.809. The van der Waals surface area contributed by atoms with Gasteiger partial charge in [0, 0.05) is 22.5 Å². The summed E-state index contributed by atoms with van der Waals surface area (Å²) in [6.45, 7) is 17.1. The second-order valence-electron chi connectivity index (χ2n) is 7.21.